The van der Waals surface area contributed by atoms with Gasteiger partial charge >= 0.3 is 5.69 Å². The number of benzene rings is 1. The Hall–Kier alpha value is -1.64. The SMILES string of the molecule is CC(C)CONS(=O)(=O)c1ccc2[nH]c(=O)[nH]c2c1. The highest BCUT2D eigenvalue weighted by Crippen LogP contribution is 2.14. The van der Waals surface area contributed by atoms with Crippen LogP contribution in [-0.2, 0) is 14.9 Å². The van der Waals surface area contributed by atoms with Gasteiger partial charge in [-0.3, -0.25) is 4.84 Å². The minimum absolute atomic E-state index is 0.0269. The van der Waals surface area contributed by atoms with E-state index in [1.807, 2.05) is 18.7 Å². The fourth-order valence-electron chi connectivity index (χ4n) is 1.51. The van der Waals surface area contributed by atoms with Crippen LogP contribution in [0.3, 0.4) is 0 Å². The van der Waals surface area contributed by atoms with E-state index in [0.717, 1.165) is 0 Å². The summed E-state index contributed by atoms with van der Waals surface area (Å²) >= 11 is 0. The fourth-order valence-corrected chi connectivity index (χ4v) is 2.34. The van der Waals surface area contributed by atoms with Crippen molar-refractivity contribution in [1.29, 1.82) is 0 Å². The van der Waals surface area contributed by atoms with Gasteiger partial charge in [-0.15, -0.1) is 0 Å². The number of sulfonamides is 1. The van der Waals surface area contributed by atoms with Crippen LogP contribution in [0, 0.1) is 5.92 Å². The van der Waals surface area contributed by atoms with Gasteiger partial charge in [0.2, 0.25) is 0 Å². The molecule has 1 aromatic heterocycles. The van der Waals surface area contributed by atoms with Crippen molar-refractivity contribution >= 4 is 21.1 Å². The second-order valence-corrected chi connectivity index (χ2v) is 6.22. The molecular formula is C11H15N3O4S. The zero-order valence-electron chi connectivity index (χ0n) is 10.6. The summed E-state index contributed by atoms with van der Waals surface area (Å²) in [5, 5.41) is 0. The van der Waals surface area contributed by atoms with E-state index in [1.54, 1.807) is 0 Å². The van der Waals surface area contributed by atoms with E-state index in [0.29, 0.717) is 11.0 Å². The number of hydrogen-bond acceptors (Lipinski definition) is 4. The normalized spacial score (nSPS) is 12.4. The zero-order chi connectivity index (χ0) is 14.0. The predicted molar refractivity (Wildman–Crippen MR) is 70.0 cm³/mol. The number of rotatable bonds is 5. The van der Waals surface area contributed by atoms with Gasteiger partial charge in [-0.25, -0.2) is 13.2 Å². The van der Waals surface area contributed by atoms with Crippen LogP contribution in [0.5, 0.6) is 0 Å². The Kier molecular flexibility index (Phi) is 3.74. The lowest BCUT2D eigenvalue weighted by Crippen LogP contribution is -2.25. The van der Waals surface area contributed by atoms with Crippen molar-refractivity contribution in [2.24, 2.45) is 5.92 Å². The summed E-state index contributed by atoms with van der Waals surface area (Å²) in [6.45, 7) is 4.10. The number of aromatic nitrogens is 2. The molecule has 0 aliphatic rings. The highest BCUT2D eigenvalue weighted by molar-refractivity contribution is 7.89. The van der Waals surface area contributed by atoms with Gasteiger partial charge < -0.3 is 9.97 Å². The summed E-state index contributed by atoms with van der Waals surface area (Å²) in [7, 11) is -3.75. The Balaban J connectivity index is 2.24. The summed E-state index contributed by atoms with van der Waals surface area (Å²) in [4.78, 5) is 23.1. The molecule has 0 unspecified atom stereocenters. The first-order valence-electron chi connectivity index (χ1n) is 5.74. The predicted octanol–water partition coefficient (Wildman–Crippen LogP) is 0.722. The summed E-state index contributed by atoms with van der Waals surface area (Å²) in [5.74, 6) is 0.214. The van der Waals surface area contributed by atoms with Crippen molar-refractivity contribution in [2.75, 3.05) is 6.61 Å². The van der Waals surface area contributed by atoms with Crippen molar-refractivity contribution in [1.82, 2.24) is 14.9 Å². The summed E-state index contributed by atoms with van der Waals surface area (Å²) in [6, 6.07) is 4.28. The maximum absolute atomic E-state index is 11.9. The minimum atomic E-state index is -3.75. The van der Waals surface area contributed by atoms with Crippen LogP contribution in [0.15, 0.2) is 27.9 Å². The molecule has 0 amide bonds. The first-order chi connectivity index (χ1) is 8.88. The standard InChI is InChI=1S/C11H15N3O4S/c1-7(2)6-18-14-19(16,17)8-3-4-9-10(5-8)13-11(15)12-9/h3-5,7,14H,6H2,1-2H3,(H2,12,13,15). The first kappa shape index (κ1) is 13.8. The lowest BCUT2D eigenvalue weighted by molar-refractivity contribution is 0.0719. The third-order valence-corrected chi connectivity index (χ3v) is 3.59. The van der Waals surface area contributed by atoms with E-state index in [1.165, 1.54) is 18.2 Å². The molecule has 0 aliphatic heterocycles. The van der Waals surface area contributed by atoms with Crippen LogP contribution >= 0.6 is 0 Å². The summed E-state index contributed by atoms with van der Waals surface area (Å²) in [5.41, 5.74) is 0.595. The molecule has 2 rings (SSSR count). The van der Waals surface area contributed by atoms with Crippen molar-refractivity contribution < 1.29 is 13.3 Å². The van der Waals surface area contributed by atoms with E-state index < -0.39 is 10.0 Å². The molecule has 0 fully saturated rings. The van der Waals surface area contributed by atoms with Crippen LogP contribution < -0.4 is 10.6 Å². The summed E-state index contributed by atoms with van der Waals surface area (Å²) in [6.07, 6.45) is 0. The number of H-pyrrole nitrogens is 2. The number of hydrogen-bond donors (Lipinski definition) is 3. The molecule has 104 valence electrons. The first-order valence-corrected chi connectivity index (χ1v) is 7.22. The van der Waals surface area contributed by atoms with Crippen molar-refractivity contribution in [3.8, 4) is 0 Å². The van der Waals surface area contributed by atoms with E-state index in [9.17, 15) is 13.2 Å². The molecule has 19 heavy (non-hydrogen) atoms. The van der Waals surface area contributed by atoms with Gasteiger partial charge in [0.05, 0.1) is 22.5 Å². The van der Waals surface area contributed by atoms with E-state index in [4.69, 9.17) is 4.84 Å². The molecule has 0 bridgehead atoms. The molecular weight excluding hydrogens is 270 g/mol. The lowest BCUT2D eigenvalue weighted by atomic mass is 10.2. The zero-order valence-corrected chi connectivity index (χ0v) is 11.4. The van der Waals surface area contributed by atoms with E-state index in [-0.39, 0.29) is 23.1 Å². The highest BCUT2D eigenvalue weighted by Gasteiger charge is 2.15. The second kappa shape index (κ2) is 5.16. The molecule has 0 spiro atoms. The second-order valence-electron chi connectivity index (χ2n) is 4.58. The van der Waals surface area contributed by atoms with Crippen LogP contribution in [0.4, 0.5) is 0 Å². The third-order valence-electron chi connectivity index (χ3n) is 2.38. The Morgan fingerprint density at radius 1 is 1.26 bits per heavy atom. The van der Waals surface area contributed by atoms with Gasteiger partial charge in [-0.2, -0.15) is 0 Å². The van der Waals surface area contributed by atoms with Crippen LogP contribution in [-0.4, -0.2) is 25.0 Å². The Morgan fingerprint density at radius 3 is 2.63 bits per heavy atom. The van der Waals surface area contributed by atoms with Crippen LogP contribution in [0.1, 0.15) is 13.8 Å². The number of aromatic amines is 2. The molecule has 0 aliphatic carbocycles. The van der Waals surface area contributed by atoms with Gasteiger partial charge in [-0.1, -0.05) is 18.7 Å². The Labute approximate surface area is 110 Å². The van der Waals surface area contributed by atoms with Crippen molar-refractivity contribution in [3.05, 3.63) is 28.7 Å². The molecule has 8 heteroatoms. The van der Waals surface area contributed by atoms with E-state index >= 15 is 0 Å². The maximum atomic E-state index is 11.9. The highest BCUT2D eigenvalue weighted by atomic mass is 32.2. The molecule has 7 nitrogen and oxygen atoms in total. The minimum Gasteiger partial charge on any atom is -0.306 e. The number of fused-ring (bicyclic) bond motifs is 1. The molecule has 3 N–H and O–H groups in total. The van der Waals surface area contributed by atoms with Gasteiger partial charge in [-0.05, 0) is 24.1 Å². The average Bonchev–Trinajstić information content (AvgIpc) is 2.67. The smallest absolute Gasteiger partial charge is 0.306 e. The van der Waals surface area contributed by atoms with Gasteiger partial charge in [0, 0.05) is 0 Å². The van der Waals surface area contributed by atoms with E-state index in [2.05, 4.69) is 9.97 Å². The van der Waals surface area contributed by atoms with Crippen molar-refractivity contribution in [2.45, 2.75) is 18.7 Å². The molecule has 0 saturated heterocycles. The van der Waals surface area contributed by atoms with Crippen LogP contribution in [0.25, 0.3) is 11.0 Å². The van der Waals surface area contributed by atoms with Crippen LogP contribution in [0.2, 0.25) is 0 Å². The number of nitrogens with one attached hydrogen (secondary N) is 3. The molecule has 0 radical (unpaired) electrons. The quantitative estimate of drug-likeness (QED) is 0.704. The topological polar surface area (TPSA) is 104 Å². The van der Waals surface area contributed by atoms with Gasteiger partial charge in [0.1, 0.15) is 0 Å². The number of imidazole rings is 1. The third kappa shape index (κ3) is 3.22. The monoisotopic (exact) mass is 285 g/mol. The molecule has 1 aromatic carbocycles. The maximum Gasteiger partial charge on any atom is 0.323 e. The van der Waals surface area contributed by atoms with Gasteiger partial charge in [0.25, 0.3) is 10.0 Å². The largest absolute Gasteiger partial charge is 0.323 e. The Morgan fingerprint density at radius 2 is 1.95 bits per heavy atom. The lowest BCUT2D eigenvalue weighted by Gasteiger charge is -2.08. The fraction of sp³-hybridized carbons (Fsp3) is 0.364. The van der Waals surface area contributed by atoms with Crippen molar-refractivity contribution in [3.63, 3.8) is 0 Å². The molecule has 0 saturated carbocycles. The molecule has 1 heterocycles. The summed E-state index contributed by atoms with van der Waals surface area (Å²) < 4.78 is 23.9. The Bertz CT molecular complexity index is 730. The molecule has 2 aromatic rings. The van der Waals surface area contributed by atoms with Gasteiger partial charge in [0.15, 0.2) is 0 Å². The molecule has 0 atom stereocenters. The average molecular weight is 285 g/mol.